The Labute approximate surface area is 109 Å². The summed E-state index contributed by atoms with van der Waals surface area (Å²) in [6, 6.07) is 0. The fourth-order valence-corrected chi connectivity index (χ4v) is 2.87. The molecule has 0 spiro atoms. The summed E-state index contributed by atoms with van der Waals surface area (Å²) >= 11 is 0. The van der Waals surface area contributed by atoms with E-state index in [4.69, 9.17) is 4.98 Å². The summed E-state index contributed by atoms with van der Waals surface area (Å²) in [5, 5.41) is 0. The van der Waals surface area contributed by atoms with Gasteiger partial charge in [-0.2, -0.15) is 0 Å². The Morgan fingerprint density at radius 3 is 2.39 bits per heavy atom. The number of aromatic nitrogens is 2. The third-order valence-electron chi connectivity index (χ3n) is 4.10. The van der Waals surface area contributed by atoms with Crippen LogP contribution in [0.25, 0.3) is 0 Å². The average Bonchev–Trinajstić information content (AvgIpc) is 2.32. The third kappa shape index (κ3) is 3.01. The zero-order chi connectivity index (χ0) is 13.0. The molecule has 0 bridgehead atoms. The molecule has 0 atom stereocenters. The fourth-order valence-electron chi connectivity index (χ4n) is 2.87. The first-order valence-corrected chi connectivity index (χ1v) is 7.32. The smallest absolute Gasteiger partial charge is 0.254 e. The maximum atomic E-state index is 11.9. The largest absolute Gasteiger partial charge is 0.310 e. The minimum Gasteiger partial charge on any atom is -0.310 e. The molecule has 1 aliphatic rings. The second-order valence-corrected chi connectivity index (χ2v) is 5.42. The van der Waals surface area contributed by atoms with Crippen molar-refractivity contribution >= 4 is 0 Å². The van der Waals surface area contributed by atoms with Crippen molar-refractivity contribution in [2.75, 3.05) is 0 Å². The number of nitrogens with one attached hydrogen (secondary N) is 1. The third-order valence-corrected chi connectivity index (χ3v) is 4.10. The molecular formula is C15H24N2O. The molecule has 1 aromatic rings. The highest BCUT2D eigenvalue weighted by Crippen LogP contribution is 2.28. The number of nitrogens with zero attached hydrogens (tertiary/aromatic N) is 1. The molecule has 0 saturated heterocycles. The second-order valence-electron chi connectivity index (χ2n) is 5.42. The lowest BCUT2D eigenvalue weighted by molar-refractivity contribution is 0.440. The Bertz CT molecular complexity index is 442. The summed E-state index contributed by atoms with van der Waals surface area (Å²) < 4.78 is 0. The van der Waals surface area contributed by atoms with Crippen LogP contribution in [0.5, 0.6) is 0 Å². The first-order chi connectivity index (χ1) is 8.72. The molecule has 0 unspecified atom stereocenters. The molecule has 1 aromatic heterocycles. The van der Waals surface area contributed by atoms with Gasteiger partial charge in [-0.25, -0.2) is 4.98 Å². The predicted molar refractivity (Wildman–Crippen MR) is 74.0 cm³/mol. The number of aromatic amines is 1. The molecular weight excluding hydrogens is 224 g/mol. The van der Waals surface area contributed by atoms with Crippen LogP contribution >= 0.6 is 0 Å². The van der Waals surface area contributed by atoms with Gasteiger partial charge in [0.15, 0.2) is 0 Å². The lowest BCUT2D eigenvalue weighted by atomic mass is 9.90. The summed E-state index contributed by atoms with van der Waals surface area (Å²) in [6.45, 7) is 3.93. The molecule has 1 aliphatic carbocycles. The standard InChI is InChI=1S/C15H24N2O/c1-3-13-11(2)15(18)17-14(16-13)12-9-7-5-4-6-8-10-12/h12H,3-10H2,1-2H3,(H,16,17,18). The van der Waals surface area contributed by atoms with Gasteiger partial charge in [-0.1, -0.05) is 39.0 Å². The first kappa shape index (κ1) is 13.3. The Morgan fingerprint density at radius 2 is 1.78 bits per heavy atom. The van der Waals surface area contributed by atoms with Crippen LogP contribution < -0.4 is 5.56 Å². The summed E-state index contributed by atoms with van der Waals surface area (Å²) in [5.41, 5.74) is 1.81. The van der Waals surface area contributed by atoms with E-state index >= 15 is 0 Å². The predicted octanol–water partition coefficient (Wildman–Crippen LogP) is 3.47. The highest BCUT2D eigenvalue weighted by atomic mass is 16.1. The lowest BCUT2D eigenvalue weighted by Crippen LogP contribution is -2.20. The number of rotatable bonds is 2. The molecule has 3 heteroatoms. The van der Waals surface area contributed by atoms with Gasteiger partial charge in [-0.05, 0) is 26.2 Å². The van der Waals surface area contributed by atoms with Crippen LogP contribution in [0.1, 0.15) is 74.9 Å². The molecule has 0 radical (unpaired) electrons. The van der Waals surface area contributed by atoms with E-state index in [-0.39, 0.29) is 5.56 Å². The second kappa shape index (κ2) is 6.17. The van der Waals surface area contributed by atoms with E-state index in [0.29, 0.717) is 5.92 Å². The van der Waals surface area contributed by atoms with Gasteiger partial charge in [0, 0.05) is 11.5 Å². The van der Waals surface area contributed by atoms with E-state index in [1.807, 2.05) is 6.92 Å². The molecule has 1 fully saturated rings. The molecule has 0 aromatic carbocycles. The van der Waals surface area contributed by atoms with Crippen molar-refractivity contribution in [2.24, 2.45) is 0 Å². The molecule has 18 heavy (non-hydrogen) atoms. The van der Waals surface area contributed by atoms with Crippen LogP contribution in [0.2, 0.25) is 0 Å². The van der Waals surface area contributed by atoms with Crippen molar-refractivity contribution in [2.45, 2.75) is 71.1 Å². The van der Waals surface area contributed by atoms with Gasteiger partial charge in [0.2, 0.25) is 0 Å². The van der Waals surface area contributed by atoms with Gasteiger partial charge in [-0.3, -0.25) is 4.79 Å². The van der Waals surface area contributed by atoms with E-state index in [9.17, 15) is 4.79 Å². The first-order valence-electron chi connectivity index (χ1n) is 7.32. The van der Waals surface area contributed by atoms with Crippen molar-refractivity contribution in [1.82, 2.24) is 9.97 Å². The zero-order valence-corrected chi connectivity index (χ0v) is 11.6. The van der Waals surface area contributed by atoms with Crippen molar-refractivity contribution in [1.29, 1.82) is 0 Å². The van der Waals surface area contributed by atoms with Crippen molar-refractivity contribution in [3.63, 3.8) is 0 Å². The van der Waals surface area contributed by atoms with Gasteiger partial charge in [0.25, 0.3) is 5.56 Å². The van der Waals surface area contributed by atoms with Crippen molar-refractivity contribution < 1.29 is 0 Å². The minimum atomic E-state index is 0.0545. The van der Waals surface area contributed by atoms with E-state index in [1.54, 1.807) is 0 Å². The summed E-state index contributed by atoms with van der Waals surface area (Å²) in [7, 11) is 0. The van der Waals surface area contributed by atoms with Crippen molar-refractivity contribution in [3.8, 4) is 0 Å². The average molecular weight is 248 g/mol. The highest BCUT2D eigenvalue weighted by Gasteiger charge is 2.17. The topological polar surface area (TPSA) is 45.8 Å². The number of hydrogen-bond acceptors (Lipinski definition) is 2. The summed E-state index contributed by atoms with van der Waals surface area (Å²) in [5.74, 6) is 1.40. The quantitative estimate of drug-likeness (QED) is 0.871. The van der Waals surface area contributed by atoms with E-state index in [0.717, 1.165) is 23.5 Å². The SMILES string of the molecule is CCc1nc(C2CCCCCCC2)[nH]c(=O)c1C. The molecule has 3 nitrogen and oxygen atoms in total. The van der Waals surface area contributed by atoms with Crippen LogP contribution in [0.4, 0.5) is 0 Å². The minimum absolute atomic E-state index is 0.0545. The fraction of sp³-hybridized carbons (Fsp3) is 0.733. The molecule has 100 valence electrons. The van der Waals surface area contributed by atoms with E-state index in [2.05, 4.69) is 11.9 Å². The number of H-pyrrole nitrogens is 1. The van der Waals surface area contributed by atoms with Crippen LogP contribution in [0, 0.1) is 6.92 Å². The molecule has 2 rings (SSSR count). The summed E-state index contributed by atoms with van der Waals surface area (Å²) in [4.78, 5) is 19.6. The number of aryl methyl sites for hydroxylation is 1. The maximum Gasteiger partial charge on any atom is 0.254 e. The summed E-state index contributed by atoms with van der Waals surface area (Å²) in [6.07, 6.45) is 9.75. The van der Waals surface area contributed by atoms with E-state index in [1.165, 1.54) is 44.9 Å². The van der Waals surface area contributed by atoms with Gasteiger partial charge in [-0.15, -0.1) is 0 Å². The van der Waals surface area contributed by atoms with Gasteiger partial charge in [0.1, 0.15) is 5.82 Å². The maximum absolute atomic E-state index is 11.9. The van der Waals surface area contributed by atoms with E-state index < -0.39 is 0 Å². The molecule has 1 N–H and O–H groups in total. The lowest BCUT2D eigenvalue weighted by Gasteiger charge is -2.19. The van der Waals surface area contributed by atoms with Crippen LogP contribution in [-0.4, -0.2) is 9.97 Å². The molecule has 0 aliphatic heterocycles. The Morgan fingerprint density at radius 1 is 1.17 bits per heavy atom. The Hall–Kier alpha value is -1.12. The van der Waals surface area contributed by atoms with Crippen molar-refractivity contribution in [3.05, 3.63) is 27.4 Å². The molecule has 1 heterocycles. The Kier molecular flexibility index (Phi) is 4.56. The van der Waals surface area contributed by atoms with Gasteiger partial charge < -0.3 is 4.98 Å². The molecule has 1 saturated carbocycles. The van der Waals surface area contributed by atoms with Gasteiger partial charge in [0.05, 0.1) is 5.69 Å². The Balaban J connectivity index is 2.25. The van der Waals surface area contributed by atoms with Crippen LogP contribution in [0.3, 0.4) is 0 Å². The van der Waals surface area contributed by atoms with Gasteiger partial charge >= 0.3 is 0 Å². The monoisotopic (exact) mass is 248 g/mol. The normalized spacial score (nSPS) is 18.3. The highest BCUT2D eigenvalue weighted by molar-refractivity contribution is 5.17. The van der Waals surface area contributed by atoms with Crippen LogP contribution in [-0.2, 0) is 6.42 Å². The molecule has 0 amide bonds. The zero-order valence-electron chi connectivity index (χ0n) is 11.6. The van der Waals surface area contributed by atoms with Crippen LogP contribution in [0.15, 0.2) is 4.79 Å². The number of hydrogen-bond donors (Lipinski definition) is 1.